The lowest BCUT2D eigenvalue weighted by Gasteiger charge is -2.32. The Morgan fingerprint density at radius 3 is 2.50 bits per heavy atom. The third-order valence-electron chi connectivity index (χ3n) is 10.2. The number of phenolic OH excluding ortho intramolecular Hbond substituents is 1. The molecular formula is C34H42N6O4. The molecule has 3 aromatic carbocycles. The van der Waals surface area contributed by atoms with Gasteiger partial charge in [0, 0.05) is 90.0 Å². The second kappa shape index (κ2) is 11.3. The molecule has 0 saturated carbocycles. The molecule has 0 aromatic heterocycles. The summed E-state index contributed by atoms with van der Waals surface area (Å²) in [4.78, 5) is 39.2. The molecule has 232 valence electrons. The van der Waals surface area contributed by atoms with Crippen molar-refractivity contribution in [3.05, 3.63) is 65.7 Å². The number of phenols is 1. The quantitative estimate of drug-likeness (QED) is 0.383. The van der Waals surface area contributed by atoms with Crippen molar-refractivity contribution in [3.8, 4) is 11.5 Å². The molecule has 0 aliphatic carbocycles. The summed E-state index contributed by atoms with van der Waals surface area (Å²) in [5, 5.41) is 16.0. The normalized spacial score (nSPS) is 25.6. The number of aromatic hydroxyl groups is 1. The molecule has 4 saturated heterocycles. The molecule has 4 heterocycles. The highest BCUT2D eigenvalue weighted by Crippen LogP contribution is 2.56. The van der Waals surface area contributed by atoms with E-state index < -0.39 is 5.54 Å². The number of benzene rings is 3. The second-order valence-electron chi connectivity index (χ2n) is 12.9. The largest absolute Gasteiger partial charge is 0.504 e. The predicted octanol–water partition coefficient (Wildman–Crippen LogP) is 3.11. The van der Waals surface area contributed by atoms with Crippen molar-refractivity contribution in [2.45, 2.75) is 24.5 Å². The van der Waals surface area contributed by atoms with Gasteiger partial charge in [-0.25, -0.2) is 4.79 Å². The first-order valence-corrected chi connectivity index (χ1v) is 15.7. The number of urea groups is 1. The fourth-order valence-electron chi connectivity index (χ4n) is 8.13. The number of anilines is 1. The van der Waals surface area contributed by atoms with Crippen LogP contribution >= 0.6 is 0 Å². The van der Waals surface area contributed by atoms with Crippen molar-refractivity contribution in [3.63, 3.8) is 0 Å². The van der Waals surface area contributed by atoms with Crippen molar-refractivity contribution < 1.29 is 19.4 Å². The summed E-state index contributed by atoms with van der Waals surface area (Å²) in [5.41, 5.74) is 2.28. The van der Waals surface area contributed by atoms with Crippen molar-refractivity contribution in [2.24, 2.45) is 5.92 Å². The molecule has 3 aromatic rings. The van der Waals surface area contributed by atoms with Crippen molar-refractivity contribution in [2.75, 3.05) is 78.5 Å². The van der Waals surface area contributed by atoms with Crippen LogP contribution < -0.4 is 15.0 Å². The summed E-state index contributed by atoms with van der Waals surface area (Å²) in [5.74, 6) is 0.485. The predicted molar refractivity (Wildman–Crippen MR) is 170 cm³/mol. The maximum Gasteiger partial charge on any atom is 0.328 e. The highest BCUT2D eigenvalue weighted by Gasteiger charge is 2.70. The first-order valence-electron chi connectivity index (χ1n) is 15.7. The number of nitrogens with zero attached hydrogens (tertiary/aromatic N) is 5. The molecular weight excluding hydrogens is 556 g/mol. The standard InChI is InChI=1S/C34H42N6O4/c1-36(2)28-10-9-27(25-6-4-5-7-26(25)28)29-19-24-21-38(20-23-8-11-31(44-3)30(41)18-23)22-34(24)32(42)39(33(43)40(29)34)17-16-37-14-12-35-13-15-37/h4-11,18,24,29,35,41H,12-17,19-22H2,1-3H3/t24-,29-,34+/m1/s1. The monoisotopic (exact) mass is 598 g/mol. The third kappa shape index (κ3) is 4.58. The molecule has 3 amide bonds. The van der Waals surface area contributed by atoms with Gasteiger partial charge in [-0.05, 0) is 41.1 Å². The Morgan fingerprint density at radius 2 is 1.77 bits per heavy atom. The van der Waals surface area contributed by atoms with Gasteiger partial charge < -0.3 is 25.0 Å². The molecule has 0 unspecified atom stereocenters. The molecule has 2 N–H and O–H groups in total. The van der Waals surface area contributed by atoms with E-state index in [0.717, 1.165) is 60.2 Å². The number of methoxy groups -OCH3 is 1. The number of nitrogens with one attached hydrogen (secondary N) is 1. The van der Waals surface area contributed by atoms with Crippen LogP contribution in [0.15, 0.2) is 54.6 Å². The summed E-state index contributed by atoms with van der Waals surface area (Å²) in [6.07, 6.45) is 0.735. The third-order valence-corrected chi connectivity index (χ3v) is 10.2. The number of ether oxygens (including phenoxy) is 1. The fourth-order valence-corrected chi connectivity index (χ4v) is 8.13. The van der Waals surface area contributed by atoms with E-state index in [2.05, 4.69) is 56.4 Å². The van der Waals surface area contributed by atoms with E-state index in [1.165, 1.54) is 7.11 Å². The van der Waals surface area contributed by atoms with Crippen LogP contribution in [-0.2, 0) is 11.3 Å². The summed E-state index contributed by atoms with van der Waals surface area (Å²) in [6.45, 7) is 6.54. The van der Waals surface area contributed by atoms with Crippen LogP contribution in [0.5, 0.6) is 11.5 Å². The van der Waals surface area contributed by atoms with Gasteiger partial charge in [0.15, 0.2) is 11.5 Å². The first-order chi connectivity index (χ1) is 21.3. The molecule has 7 rings (SSSR count). The Balaban J connectivity index is 1.23. The number of carbonyl (C=O) groups is 2. The molecule has 3 atom stereocenters. The van der Waals surface area contributed by atoms with Crippen molar-refractivity contribution in [1.29, 1.82) is 0 Å². The molecule has 4 fully saturated rings. The number of hydrogen-bond acceptors (Lipinski definition) is 8. The summed E-state index contributed by atoms with van der Waals surface area (Å²) in [7, 11) is 5.63. The van der Waals surface area contributed by atoms with E-state index >= 15 is 0 Å². The van der Waals surface area contributed by atoms with E-state index in [1.54, 1.807) is 17.0 Å². The van der Waals surface area contributed by atoms with Gasteiger partial charge in [0.1, 0.15) is 5.54 Å². The SMILES string of the molecule is COc1ccc(CN2C[C@H]3C[C@H](c4ccc(N(C)C)c5ccccc45)N4C(=O)N(CCN5CCNCC5)C(=O)[C@]34C2)cc1O. The van der Waals surface area contributed by atoms with Crippen LogP contribution in [-0.4, -0.2) is 116 Å². The van der Waals surface area contributed by atoms with Gasteiger partial charge in [-0.2, -0.15) is 0 Å². The molecule has 4 aliphatic rings. The molecule has 10 nitrogen and oxygen atoms in total. The van der Waals surface area contributed by atoms with Gasteiger partial charge in [-0.3, -0.25) is 19.5 Å². The minimum atomic E-state index is -0.902. The van der Waals surface area contributed by atoms with E-state index in [-0.39, 0.29) is 29.6 Å². The maximum absolute atomic E-state index is 14.5. The molecule has 0 radical (unpaired) electrons. The Kier molecular flexibility index (Phi) is 7.39. The number of fused-ring (bicyclic) bond motifs is 1. The second-order valence-corrected chi connectivity index (χ2v) is 12.9. The summed E-state index contributed by atoms with van der Waals surface area (Å²) in [6, 6.07) is 17.8. The van der Waals surface area contributed by atoms with E-state index in [9.17, 15) is 14.7 Å². The van der Waals surface area contributed by atoms with E-state index in [4.69, 9.17) is 4.74 Å². The zero-order valence-corrected chi connectivity index (χ0v) is 25.8. The van der Waals surface area contributed by atoms with Crippen LogP contribution in [0, 0.1) is 5.92 Å². The maximum atomic E-state index is 14.5. The van der Waals surface area contributed by atoms with Crippen molar-refractivity contribution in [1.82, 2.24) is 24.9 Å². The van der Waals surface area contributed by atoms with E-state index in [1.807, 2.05) is 25.1 Å². The molecule has 1 spiro atoms. The zero-order valence-electron chi connectivity index (χ0n) is 25.8. The summed E-state index contributed by atoms with van der Waals surface area (Å²) < 4.78 is 5.23. The Labute approximate surface area is 258 Å². The fraction of sp³-hybridized carbons (Fsp3) is 0.471. The van der Waals surface area contributed by atoms with Crippen LogP contribution in [0.4, 0.5) is 10.5 Å². The highest BCUT2D eigenvalue weighted by atomic mass is 16.5. The van der Waals surface area contributed by atoms with Gasteiger partial charge in [0.2, 0.25) is 0 Å². The molecule has 0 bridgehead atoms. The number of amides is 3. The molecule has 10 heteroatoms. The number of piperazine rings is 1. The number of likely N-dealkylation sites (tertiary alicyclic amines) is 1. The lowest BCUT2D eigenvalue weighted by atomic mass is 9.87. The van der Waals surface area contributed by atoms with Crippen molar-refractivity contribution >= 4 is 28.4 Å². The topological polar surface area (TPSA) is 91.8 Å². The minimum absolute atomic E-state index is 0.00673. The number of imide groups is 1. The van der Waals surface area contributed by atoms with Crippen LogP contribution in [0.1, 0.15) is 23.6 Å². The van der Waals surface area contributed by atoms with Crippen LogP contribution in [0.2, 0.25) is 0 Å². The Hall–Kier alpha value is -3.86. The number of carbonyl (C=O) groups excluding carboxylic acids is 2. The van der Waals surface area contributed by atoms with E-state index in [0.29, 0.717) is 38.5 Å². The molecule has 44 heavy (non-hydrogen) atoms. The van der Waals surface area contributed by atoms with Gasteiger partial charge in [0.05, 0.1) is 13.2 Å². The summed E-state index contributed by atoms with van der Waals surface area (Å²) >= 11 is 0. The Bertz CT molecular complexity index is 1590. The van der Waals surface area contributed by atoms with Gasteiger partial charge in [-0.15, -0.1) is 0 Å². The van der Waals surface area contributed by atoms with Gasteiger partial charge >= 0.3 is 6.03 Å². The average Bonchev–Trinajstić information content (AvgIpc) is 3.60. The lowest BCUT2D eigenvalue weighted by molar-refractivity contribution is -0.133. The first kappa shape index (κ1) is 28.9. The molecule has 4 aliphatic heterocycles. The zero-order chi connectivity index (χ0) is 30.6. The number of rotatable bonds is 8. The van der Waals surface area contributed by atoms with Crippen LogP contribution in [0.25, 0.3) is 10.8 Å². The van der Waals surface area contributed by atoms with Crippen LogP contribution in [0.3, 0.4) is 0 Å². The lowest BCUT2D eigenvalue weighted by Crippen LogP contribution is -2.52. The van der Waals surface area contributed by atoms with Gasteiger partial charge in [-0.1, -0.05) is 36.4 Å². The minimum Gasteiger partial charge on any atom is -0.504 e. The highest BCUT2D eigenvalue weighted by molar-refractivity contribution is 6.09. The van der Waals surface area contributed by atoms with Gasteiger partial charge in [0.25, 0.3) is 5.91 Å². The Morgan fingerprint density at radius 1 is 1.00 bits per heavy atom. The smallest absolute Gasteiger partial charge is 0.328 e. The average molecular weight is 599 g/mol. The number of hydrogen-bond donors (Lipinski definition) is 2.